The second kappa shape index (κ2) is 8.70. The smallest absolute Gasteiger partial charge is 0.254 e. The molecule has 1 fully saturated rings. The molecule has 2 aromatic carbocycles. The zero-order valence-electron chi connectivity index (χ0n) is 15.6. The Hall–Kier alpha value is -1.84. The summed E-state index contributed by atoms with van der Waals surface area (Å²) in [6.07, 6.45) is 4.00. The first-order valence-corrected chi connectivity index (χ1v) is 9.70. The van der Waals surface area contributed by atoms with E-state index in [9.17, 15) is 4.79 Å². The van der Waals surface area contributed by atoms with Gasteiger partial charge in [-0.2, -0.15) is 0 Å². The maximum atomic E-state index is 13.2. The number of amides is 1. The summed E-state index contributed by atoms with van der Waals surface area (Å²) in [5.41, 5.74) is 3.07. The summed E-state index contributed by atoms with van der Waals surface area (Å²) in [5, 5.41) is 0.734. The normalized spacial score (nSPS) is 18.0. The molecule has 0 aliphatic carbocycles. The van der Waals surface area contributed by atoms with Crippen molar-refractivity contribution < 1.29 is 4.79 Å². The molecule has 0 radical (unpaired) electrons. The van der Waals surface area contributed by atoms with Crippen LogP contribution in [0.3, 0.4) is 0 Å². The number of carbonyl (C=O) groups excluding carboxylic acids is 1. The van der Waals surface area contributed by atoms with E-state index in [0.717, 1.165) is 60.5 Å². The minimum atomic E-state index is 0.161. The molecule has 0 unspecified atom stereocenters. The Morgan fingerprint density at radius 1 is 1.08 bits per heavy atom. The Morgan fingerprint density at radius 3 is 2.54 bits per heavy atom. The molecule has 0 spiro atoms. The van der Waals surface area contributed by atoms with E-state index in [1.54, 1.807) is 0 Å². The monoisotopic (exact) mass is 370 g/mol. The molecule has 0 bridgehead atoms. The number of carbonyl (C=O) groups is 1. The van der Waals surface area contributed by atoms with Gasteiger partial charge < -0.3 is 9.80 Å². The number of hydrogen-bond donors (Lipinski definition) is 0. The van der Waals surface area contributed by atoms with Crippen LogP contribution in [0, 0.1) is 0 Å². The van der Waals surface area contributed by atoms with Gasteiger partial charge in [-0.05, 0) is 69.1 Å². The number of likely N-dealkylation sites (tertiary alicyclic amines) is 1. The Kier molecular flexibility index (Phi) is 6.33. The molecule has 0 saturated carbocycles. The molecule has 2 aromatic rings. The predicted octanol–water partition coefficient (Wildman–Crippen LogP) is 4.49. The lowest BCUT2D eigenvalue weighted by atomic mass is 9.99. The van der Waals surface area contributed by atoms with E-state index in [-0.39, 0.29) is 5.91 Å². The summed E-state index contributed by atoms with van der Waals surface area (Å²) < 4.78 is 0. The Balaban J connectivity index is 1.76. The fourth-order valence-corrected chi connectivity index (χ4v) is 3.80. The van der Waals surface area contributed by atoms with E-state index in [1.165, 1.54) is 0 Å². The van der Waals surface area contributed by atoms with Gasteiger partial charge in [-0.1, -0.05) is 41.9 Å². The van der Waals surface area contributed by atoms with Crippen LogP contribution >= 0.6 is 11.6 Å². The Labute approximate surface area is 161 Å². The van der Waals surface area contributed by atoms with Crippen molar-refractivity contribution in [2.45, 2.75) is 31.7 Å². The lowest BCUT2D eigenvalue weighted by molar-refractivity contribution is 0.0757. The highest BCUT2D eigenvalue weighted by atomic mass is 35.5. The van der Waals surface area contributed by atoms with Crippen molar-refractivity contribution in [3.8, 4) is 0 Å². The lowest BCUT2D eigenvalue weighted by Crippen LogP contribution is -2.34. The zero-order valence-corrected chi connectivity index (χ0v) is 16.4. The maximum Gasteiger partial charge on any atom is 0.254 e. The molecule has 3 rings (SSSR count). The van der Waals surface area contributed by atoms with Crippen LogP contribution in [0.25, 0.3) is 0 Å². The third-order valence-electron chi connectivity index (χ3n) is 5.27. The zero-order chi connectivity index (χ0) is 18.5. The molecule has 0 aromatic heterocycles. The Morgan fingerprint density at radius 2 is 1.81 bits per heavy atom. The van der Waals surface area contributed by atoms with E-state index in [2.05, 4.69) is 25.1 Å². The van der Waals surface area contributed by atoms with Crippen molar-refractivity contribution in [1.29, 1.82) is 0 Å². The SMILES string of the molecule is CN(C)[C@H]1CCCN(C(=O)c2ccccc2Cc2ccc(Cl)cc2)CC1. The van der Waals surface area contributed by atoms with Crippen LogP contribution in [0.15, 0.2) is 48.5 Å². The molecule has 1 heterocycles. The number of nitrogens with zero attached hydrogens (tertiary/aromatic N) is 2. The minimum Gasteiger partial charge on any atom is -0.339 e. The molecule has 1 saturated heterocycles. The largest absolute Gasteiger partial charge is 0.339 e. The molecule has 1 amide bonds. The summed E-state index contributed by atoms with van der Waals surface area (Å²) in [6.45, 7) is 1.68. The molecule has 1 aliphatic heterocycles. The van der Waals surface area contributed by atoms with Crippen LogP contribution in [-0.2, 0) is 6.42 Å². The van der Waals surface area contributed by atoms with Gasteiger partial charge in [0.1, 0.15) is 0 Å². The standard InChI is InChI=1S/C22H27ClN2O/c1-24(2)20-7-5-14-25(15-13-20)22(26)21-8-4-3-6-18(21)16-17-9-11-19(23)12-10-17/h3-4,6,8-12,20H,5,7,13-16H2,1-2H3/t20-/m0/s1. The Bertz CT molecular complexity index is 742. The van der Waals surface area contributed by atoms with Gasteiger partial charge in [-0.15, -0.1) is 0 Å². The molecular weight excluding hydrogens is 344 g/mol. The predicted molar refractivity (Wildman–Crippen MR) is 108 cm³/mol. The van der Waals surface area contributed by atoms with Gasteiger partial charge in [0.25, 0.3) is 5.91 Å². The number of rotatable bonds is 4. The summed E-state index contributed by atoms with van der Waals surface area (Å²) in [6, 6.07) is 16.4. The van der Waals surface area contributed by atoms with Gasteiger partial charge in [0.05, 0.1) is 0 Å². The van der Waals surface area contributed by atoms with Crippen molar-refractivity contribution in [3.05, 3.63) is 70.2 Å². The van der Waals surface area contributed by atoms with E-state index >= 15 is 0 Å². The van der Waals surface area contributed by atoms with Gasteiger partial charge in [0.15, 0.2) is 0 Å². The first kappa shape index (κ1) is 18.9. The van der Waals surface area contributed by atoms with Crippen molar-refractivity contribution in [1.82, 2.24) is 9.80 Å². The van der Waals surface area contributed by atoms with Gasteiger partial charge >= 0.3 is 0 Å². The topological polar surface area (TPSA) is 23.6 Å². The highest BCUT2D eigenvalue weighted by molar-refractivity contribution is 6.30. The van der Waals surface area contributed by atoms with E-state index in [0.29, 0.717) is 6.04 Å². The van der Waals surface area contributed by atoms with Crippen LogP contribution in [0.2, 0.25) is 5.02 Å². The summed E-state index contributed by atoms with van der Waals surface area (Å²) >= 11 is 5.98. The van der Waals surface area contributed by atoms with Crippen molar-refractivity contribution in [3.63, 3.8) is 0 Å². The third kappa shape index (κ3) is 4.66. The molecular formula is C22H27ClN2O. The van der Waals surface area contributed by atoms with Crippen molar-refractivity contribution in [2.75, 3.05) is 27.2 Å². The van der Waals surface area contributed by atoms with Crippen LogP contribution in [0.1, 0.15) is 40.7 Å². The summed E-state index contributed by atoms with van der Waals surface area (Å²) in [5.74, 6) is 0.161. The van der Waals surface area contributed by atoms with Gasteiger partial charge in [0, 0.05) is 29.7 Å². The van der Waals surface area contributed by atoms with Gasteiger partial charge in [-0.25, -0.2) is 0 Å². The first-order chi connectivity index (χ1) is 12.5. The van der Waals surface area contributed by atoms with E-state index in [1.807, 2.05) is 47.4 Å². The fourth-order valence-electron chi connectivity index (χ4n) is 3.67. The van der Waals surface area contributed by atoms with Gasteiger partial charge in [0.2, 0.25) is 0 Å². The van der Waals surface area contributed by atoms with Crippen LogP contribution in [-0.4, -0.2) is 48.9 Å². The van der Waals surface area contributed by atoms with Crippen molar-refractivity contribution >= 4 is 17.5 Å². The average molecular weight is 371 g/mol. The minimum absolute atomic E-state index is 0.161. The number of halogens is 1. The van der Waals surface area contributed by atoms with Crippen LogP contribution in [0.5, 0.6) is 0 Å². The van der Waals surface area contributed by atoms with E-state index < -0.39 is 0 Å². The highest BCUT2D eigenvalue weighted by Gasteiger charge is 2.23. The van der Waals surface area contributed by atoms with Crippen LogP contribution in [0.4, 0.5) is 0 Å². The fraction of sp³-hybridized carbons (Fsp3) is 0.409. The molecule has 138 valence electrons. The second-order valence-corrected chi connectivity index (χ2v) is 7.74. The summed E-state index contributed by atoms with van der Waals surface area (Å²) in [7, 11) is 4.26. The molecule has 3 nitrogen and oxygen atoms in total. The highest BCUT2D eigenvalue weighted by Crippen LogP contribution is 2.21. The molecule has 26 heavy (non-hydrogen) atoms. The third-order valence-corrected chi connectivity index (χ3v) is 5.52. The maximum absolute atomic E-state index is 13.2. The molecule has 0 N–H and O–H groups in total. The van der Waals surface area contributed by atoms with E-state index in [4.69, 9.17) is 11.6 Å². The molecule has 4 heteroatoms. The van der Waals surface area contributed by atoms with Gasteiger partial charge in [-0.3, -0.25) is 4.79 Å². The van der Waals surface area contributed by atoms with Crippen LogP contribution < -0.4 is 0 Å². The quantitative estimate of drug-likeness (QED) is 0.791. The second-order valence-electron chi connectivity index (χ2n) is 7.30. The number of benzene rings is 2. The lowest BCUT2D eigenvalue weighted by Gasteiger charge is -2.24. The number of hydrogen-bond acceptors (Lipinski definition) is 2. The first-order valence-electron chi connectivity index (χ1n) is 9.32. The van der Waals surface area contributed by atoms with Crippen molar-refractivity contribution in [2.24, 2.45) is 0 Å². The average Bonchev–Trinajstić information content (AvgIpc) is 2.90. The molecule has 1 atom stereocenters. The summed E-state index contributed by atoms with van der Waals surface area (Å²) in [4.78, 5) is 17.5. The molecule has 1 aliphatic rings.